The molecule has 0 unspecified atom stereocenters. The highest BCUT2D eigenvalue weighted by Crippen LogP contribution is 2.49. The molecule has 44 heavy (non-hydrogen) atoms. The van der Waals surface area contributed by atoms with Gasteiger partial charge in [0.05, 0.1) is 19.0 Å². The van der Waals surface area contributed by atoms with E-state index in [1.807, 2.05) is 72.4 Å². The number of nitrogens with zero attached hydrogens (tertiary/aromatic N) is 7. The molecule has 1 spiro atoms. The van der Waals surface area contributed by atoms with Gasteiger partial charge in [0.15, 0.2) is 11.3 Å². The molecule has 3 aromatic heterocycles. The second-order valence-corrected chi connectivity index (χ2v) is 11.9. The maximum absolute atomic E-state index is 13.4. The van der Waals surface area contributed by atoms with Gasteiger partial charge < -0.3 is 19.4 Å². The van der Waals surface area contributed by atoms with Crippen molar-refractivity contribution >= 4 is 29.0 Å². The van der Waals surface area contributed by atoms with Crippen molar-refractivity contribution in [2.75, 3.05) is 56.7 Å². The van der Waals surface area contributed by atoms with Crippen molar-refractivity contribution in [2.24, 2.45) is 5.41 Å². The minimum atomic E-state index is -0.463. The van der Waals surface area contributed by atoms with Crippen molar-refractivity contribution < 1.29 is 14.3 Å². The van der Waals surface area contributed by atoms with Crippen LogP contribution in [-0.2, 0) is 4.74 Å². The number of pyridine rings is 2. The molecule has 1 aromatic carbocycles. The Morgan fingerprint density at radius 3 is 2.30 bits per heavy atom. The molecule has 10 nitrogen and oxygen atoms in total. The summed E-state index contributed by atoms with van der Waals surface area (Å²) < 4.78 is 6.54. The van der Waals surface area contributed by atoms with E-state index in [1.54, 1.807) is 16.6 Å². The number of amides is 1. The summed E-state index contributed by atoms with van der Waals surface area (Å²) in [6, 6.07) is 19.4. The summed E-state index contributed by atoms with van der Waals surface area (Å²) in [4.78, 5) is 40.4. The number of benzene rings is 1. The Bertz CT molecular complexity index is 1530. The third-order valence-electron chi connectivity index (χ3n) is 8.52. The predicted molar refractivity (Wildman–Crippen MR) is 172 cm³/mol. The summed E-state index contributed by atoms with van der Waals surface area (Å²) in [5.41, 5.74) is 3.71. The summed E-state index contributed by atoms with van der Waals surface area (Å²) in [6.45, 7) is 8.19. The van der Waals surface area contributed by atoms with Gasteiger partial charge in [-0.1, -0.05) is 55.8 Å². The first-order chi connectivity index (χ1) is 21.3. The fourth-order valence-corrected chi connectivity index (χ4v) is 5.91. The maximum Gasteiger partial charge on any atom is 0.356 e. The van der Waals surface area contributed by atoms with Crippen LogP contribution >= 0.6 is 0 Å². The molecule has 1 amide bonds. The molecule has 232 valence electrons. The van der Waals surface area contributed by atoms with E-state index in [-0.39, 0.29) is 17.4 Å². The highest BCUT2D eigenvalue weighted by atomic mass is 16.5. The maximum atomic E-state index is 13.4. The smallest absolute Gasteiger partial charge is 0.356 e. The monoisotopic (exact) mass is 597 g/mol. The van der Waals surface area contributed by atoms with Crippen LogP contribution in [-0.4, -0.2) is 83.2 Å². The SMILES string of the molecule is CCCN(CCCN(C)c1cccc(C(=O)OC)n1)C(=O)c1nc2c(C)cc(N3CC4(CCC4)C3)cn2n1.c1ccccc1. The van der Waals surface area contributed by atoms with Crippen LogP contribution in [0.15, 0.2) is 66.9 Å². The second kappa shape index (κ2) is 13.9. The number of carbonyl (C=O) groups is 2. The quantitative estimate of drug-likeness (QED) is 0.228. The molecule has 1 saturated carbocycles. The molecule has 0 bridgehead atoms. The summed E-state index contributed by atoms with van der Waals surface area (Å²) in [5, 5.41) is 4.60. The Balaban J connectivity index is 0.000000573. The Morgan fingerprint density at radius 2 is 1.68 bits per heavy atom. The van der Waals surface area contributed by atoms with E-state index >= 15 is 0 Å². The summed E-state index contributed by atoms with van der Waals surface area (Å²) in [5.74, 6) is 0.301. The van der Waals surface area contributed by atoms with E-state index in [9.17, 15) is 9.59 Å². The van der Waals surface area contributed by atoms with Gasteiger partial charge in [-0.2, -0.15) is 0 Å². The number of carbonyl (C=O) groups excluding carboxylic acids is 2. The molecule has 4 aromatic rings. The van der Waals surface area contributed by atoms with E-state index in [2.05, 4.69) is 33.0 Å². The first-order valence-electron chi connectivity index (χ1n) is 15.5. The number of aromatic nitrogens is 4. The van der Waals surface area contributed by atoms with Crippen LogP contribution in [0.3, 0.4) is 0 Å². The van der Waals surface area contributed by atoms with Crippen LogP contribution in [0.2, 0.25) is 0 Å². The summed E-state index contributed by atoms with van der Waals surface area (Å²) in [7, 11) is 3.26. The van der Waals surface area contributed by atoms with Gasteiger partial charge in [0.2, 0.25) is 5.82 Å². The third kappa shape index (κ3) is 7.01. The van der Waals surface area contributed by atoms with Gasteiger partial charge in [-0.25, -0.2) is 19.3 Å². The molecule has 6 rings (SSSR count). The Labute approximate surface area is 259 Å². The topological polar surface area (TPSA) is 96.2 Å². The lowest BCUT2D eigenvalue weighted by Gasteiger charge is -2.57. The second-order valence-electron chi connectivity index (χ2n) is 11.9. The number of rotatable bonds is 10. The van der Waals surface area contributed by atoms with Gasteiger partial charge in [0.25, 0.3) is 5.91 Å². The molecule has 1 saturated heterocycles. The third-order valence-corrected chi connectivity index (χ3v) is 8.52. The van der Waals surface area contributed by atoms with Crippen molar-refractivity contribution in [3.05, 3.63) is 83.9 Å². The molecule has 2 fully saturated rings. The van der Waals surface area contributed by atoms with E-state index in [4.69, 9.17) is 4.74 Å². The highest BCUT2D eigenvalue weighted by Gasteiger charge is 2.47. The number of fused-ring (bicyclic) bond motifs is 1. The van der Waals surface area contributed by atoms with Crippen molar-refractivity contribution in [3.63, 3.8) is 0 Å². The standard InChI is InChI=1S/C28H37N7O3.C6H6/c1-5-13-33(15-8-14-32(3)23-10-6-9-22(29-23)27(37)38-4)26(36)24-30-25-20(2)16-21(17-35(25)31-24)34-18-28(19-34)11-7-12-28;1-2-4-6-5-3-1/h6,9-10,16-17H,5,7-8,11-15,18-19H2,1-4H3;1-6H. The number of hydrogen-bond donors (Lipinski definition) is 0. The highest BCUT2D eigenvalue weighted by molar-refractivity contribution is 5.91. The molecule has 4 heterocycles. The van der Waals surface area contributed by atoms with E-state index in [0.717, 1.165) is 42.8 Å². The number of methoxy groups -OCH3 is 1. The molecule has 2 aliphatic rings. The zero-order valence-electron chi connectivity index (χ0n) is 26.3. The van der Waals surface area contributed by atoms with Gasteiger partial charge >= 0.3 is 5.97 Å². The number of anilines is 2. The number of ether oxygens (including phenoxy) is 1. The lowest BCUT2D eigenvalue weighted by Crippen LogP contribution is -2.59. The first kappa shape index (κ1) is 31.0. The van der Waals surface area contributed by atoms with Crippen molar-refractivity contribution in [3.8, 4) is 0 Å². The average Bonchev–Trinajstić information content (AvgIpc) is 3.45. The molecular formula is C34H43N7O3. The zero-order chi connectivity index (χ0) is 31.1. The van der Waals surface area contributed by atoms with Gasteiger partial charge in [-0.15, -0.1) is 5.10 Å². The average molecular weight is 598 g/mol. The Morgan fingerprint density at radius 1 is 0.977 bits per heavy atom. The van der Waals surface area contributed by atoms with Crippen molar-refractivity contribution in [2.45, 2.75) is 46.0 Å². The molecule has 10 heteroatoms. The van der Waals surface area contributed by atoms with Gasteiger partial charge in [0.1, 0.15) is 5.82 Å². The molecule has 0 atom stereocenters. The Hall–Kier alpha value is -4.47. The summed E-state index contributed by atoms with van der Waals surface area (Å²) in [6.07, 6.45) is 7.62. The fraction of sp³-hybridized carbons (Fsp3) is 0.441. The summed E-state index contributed by atoms with van der Waals surface area (Å²) >= 11 is 0. The Kier molecular flexibility index (Phi) is 9.77. The van der Waals surface area contributed by atoms with Gasteiger partial charge in [0, 0.05) is 45.2 Å². The van der Waals surface area contributed by atoms with Crippen molar-refractivity contribution in [1.29, 1.82) is 0 Å². The van der Waals surface area contributed by atoms with E-state index in [1.165, 1.54) is 26.4 Å². The van der Waals surface area contributed by atoms with Crippen LogP contribution < -0.4 is 9.80 Å². The lowest BCUT2D eigenvalue weighted by atomic mass is 9.63. The first-order valence-corrected chi connectivity index (χ1v) is 15.5. The molecule has 0 N–H and O–H groups in total. The number of aryl methyl sites for hydroxylation is 1. The minimum Gasteiger partial charge on any atom is -0.464 e. The largest absolute Gasteiger partial charge is 0.464 e. The molecule has 0 radical (unpaired) electrons. The zero-order valence-corrected chi connectivity index (χ0v) is 26.3. The van der Waals surface area contributed by atoms with E-state index in [0.29, 0.717) is 30.9 Å². The van der Waals surface area contributed by atoms with Crippen LogP contribution in [0.1, 0.15) is 65.7 Å². The molecule has 1 aliphatic carbocycles. The van der Waals surface area contributed by atoms with Crippen LogP contribution in [0.25, 0.3) is 5.65 Å². The van der Waals surface area contributed by atoms with Crippen molar-refractivity contribution in [1.82, 2.24) is 24.5 Å². The number of esters is 1. The van der Waals surface area contributed by atoms with Crippen LogP contribution in [0, 0.1) is 12.3 Å². The number of hydrogen-bond acceptors (Lipinski definition) is 8. The van der Waals surface area contributed by atoms with Crippen LogP contribution in [0.5, 0.6) is 0 Å². The van der Waals surface area contributed by atoms with Gasteiger partial charge in [-0.05, 0) is 56.4 Å². The molecular weight excluding hydrogens is 554 g/mol. The lowest BCUT2D eigenvalue weighted by molar-refractivity contribution is 0.0593. The normalized spacial score (nSPS) is 14.7. The van der Waals surface area contributed by atoms with Crippen LogP contribution in [0.4, 0.5) is 11.5 Å². The predicted octanol–water partition coefficient (Wildman–Crippen LogP) is 5.27. The molecule has 1 aliphatic heterocycles. The van der Waals surface area contributed by atoms with Gasteiger partial charge in [-0.3, -0.25) is 4.79 Å². The minimum absolute atomic E-state index is 0.151. The van der Waals surface area contributed by atoms with E-state index < -0.39 is 5.97 Å². The fourth-order valence-electron chi connectivity index (χ4n) is 5.91.